The van der Waals surface area contributed by atoms with Gasteiger partial charge in [-0.15, -0.1) is 0 Å². The van der Waals surface area contributed by atoms with Crippen molar-refractivity contribution < 1.29 is 5.11 Å². The van der Waals surface area contributed by atoms with E-state index in [9.17, 15) is 5.11 Å². The van der Waals surface area contributed by atoms with E-state index >= 15 is 0 Å². The van der Waals surface area contributed by atoms with Crippen molar-refractivity contribution in [3.63, 3.8) is 0 Å². The molecule has 0 radical (unpaired) electrons. The Bertz CT molecular complexity index is 991. The van der Waals surface area contributed by atoms with Crippen LogP contribution in [-0.4, -0.2) is 20.1 Å². The number of aromatic nitrogens is 3. The van der Waals surface area contributed by atoms with Gasteiger partial charge in [-0.05, 0) is 18.6 Å². The van der Waals surface area contributed by atoms with Crippen LogP contribution in [0.4, 0.5) is 5.82 Å². The molecule has 0 saturated carbocycles. The Hall–Kier alpha value is -2.53. The lowest BCUT2D eigenvalue weighted by molar-refractivity contribution is 0.282. The molecule has 0 saturated heterocycles. The fraction of sp³-hybridized carbons (Fsp3) is 0.381. The zero-order valence-electron chi connectivity index (χ0n) is 15.7. The number of hydrogen-bond acceptors (Lipinski definition) is 5. The van der Waals surface area contributed by atoms with Gasteiger partial charge in [-0.1, -0.05) is 39.0 Å². The normalized spacial score (nSPS) is 14.1. The second-order valence-electron chi connectivity index (χ2n) is 8.05. The highest BCUT2D eigenvalue weighted by Gasteiger charge is 2.27. The fourth-order valence-electron chi connectivity index (χ4n) is 3.44. The van der Waals surface area contributed by atoms with Crippen molar-refractivity contribution in [1.29, 1.82) is 0 Å². The van der Waals surface area contributed by atoms with Crippen LogP contribution in [0.15, 0.2) is 30.5 Å². The molecule has 0 aliphatic carbocycles. The first-order chi connectivity index (χ1) is 12.4. The molecule has 4 rings (SSSR count). The molecule has 3 aromatic rings. The topological polar surface area (TPSA) is 62.1 Å². The van der Waals surface area contributed by atoms with E-state index in [-0.39, 0.29) is 12.0 Å². The fourth-order valence-corrected chi connectivity index (χ4v) is 3.44. The zero-order valence-corrected chi connectivity index (χ0v) is 15.7. The van der Waals surface area contributed by atoms with Gasteiger partial charge in [-0.2, -0.15) is 0 Å². The summed E-state index contributed by atoms with van der Waals surface area (Å²) in [4.78, 5) is 16.4. The molecule has 0 fully saturated rings. The zero-order chi connectivity index (χ0) is 18.5. The SMILES string of the molecule is Cc1cccc2cc(CO)c(N3Cc4cnc(C(C)(C)C)nc4C3)nc12. The maximum absolute atomic E-state index is 9.88. The number of aliphatic hydroxyl groups excluding tert-OH is 1. The first-order valence-electron chi connectivity index (χ1n) is 8.97. The third kappa shape index (κ3) is 2.82. The van der Waals surface area contributed by atoms with Gasteiger partial charge in [0.15, 0.2) is 0 Å². The number of benzene rings is 1. The van der Waals surface area contributed by atoms with E-state index in [4.69, 9.17) is 9.97 Å². The van der Waals surface area contributed by atoms with Crippen LogP contribution in [0.2, 0.25) is 0 Å². The van der Waals surface area contributed by atoms with Gasteiger partial charge in [0.1, 0.15) is 11.6 Å². The molecule has 5 nitrogen and oxygen atoms in total. The van der Waals surface area contributed by atoms with Gasteiger partial charge >= 0.3 is 0 Å². The van der Waals surface area contributed by atoms with E-state index in [0.29, 0.717) is 6.54 Å². The molecule has 1 aromatic carbocycles. The monoisotopic (exact) mass is 348 g/mol. The molecule has 0 amide bonds. The van der Waals surface area contributed by atoms with Crippen LogP contribution in [0.25, 0.3) is 10.9 Å². The lowest BCUT2D eigenvalue weighted by Crippen LogP contribution is -2.19. The van der Waals surface area contributed by atoms with Gasteiger partial charge in [-0.25, -0.2) is 15.0 Å². The van der Waals surface area contributed by atoms with Crippen LogP contribution in [0.5, 0.6) is 0 Å². The molecule has 5 heteroatoms. The molecular weight excluding hydrogens is 324 g/mol. The lowest BCUT2D eigenvalue weighted by atomic mass is 9.95. The van der Waals surface area contributed by atoms with Crippen LogP contribution >= 0.6 is 0 Å². The summed E-state index contributed by atoms with van der Waals surface area (Å²) in [5.41, 5.74) is 5.09. The van der Waals surface area contributed by atoms with Gasteiger partial charge in [0, 0.05) is 34.7 Å². The number of fused-ring (bicyclic) bond motifs is 2. The van der Waals surface area contributed by atoms with Crippen molar-refractivity contribution in [2.45, 2.75) is 52.8 Å². The molecule has 26 heavy (non-hydrogen) atoms. The molecule has 1 aliphatic heterocycles. The first-order valence-corrected chi connectivity index (χ1v) is 8.97. The number of nitrogens with zero attached hydrogens (tertiary/aromatic N) is 4. The molecule has 1 N–H and O–H groups in total. The minimum absolute atomic E-state index is 0.0298. The number of para-hydroxylation sites is 1. The summed E-state index contributed by atoms with van der Waals surface area (Å²) in [6.45, 7) is 9.82. The van der Waals surface area contributed by atoms with E-state index in [0.717, 1.165) is 51.5 Å². The molecule has 2 aromatic heterocycles. The van der Waals surface area contributed by atoms with E-state index in [2.05, 4.69) is 43.6 Å². The number of anilines is 1. The first kappa shape index (κ1) is 16.9. The molecule has 3 heterocycles. The van der Waals surface area contributed by atoms with E-state index < -0.39 is 0 Å². The second kappa shape index (κ2) is 6.02. The minimum atomic E-state index is -0.0724. The number of aliphatic hydroxyl groups is 1. The summed E-state index contributed by atoms with van der Waals surface area (Å²) < 4.78 is 0. The average Bonchev–Trinajstić information content (AvgIpc) is 3.03. The van der Waals surface area contributed by atoms with Crippen molar-refractivity contribution >= 4 is 16.7 Å². The van der Waals surface area contributed by atoms with Gasteiger partial charge in [0.2, 0.25) is 0 Å². The molecule has 134 valence electrons. The second-order valence-corrected chi connectivity index (χ2v) is 8.05. The molecular formula is C21H24N4O. The maximum Gasteiger partial charge on any atom is 0.135 e. The number of pyridine rings is 1. The number of hydrogen-bond donors (Lipinski definition) is 1. The Balaban J connectivity index is 1.75. The van der Waals surface area contributed by atoms with Crippen LogP contribution in [0, 0.1) is 6.92 Å². The van der Waals surface area contributed by atoms with E-state index in [1.807, 2.05) is 24.4 Å². The van der Waals surface area contributed by atoms with Crippen LogP contribution < -0.4 is 4.90 Å². The molecule has 0 unspecified atom stereocenters. The molecule has 0 atom stereocenters. The van der Waals surface area contributed by atoms with E-state index in [1.165, 1.54) is 0 Å². The summed E-state index contributed by atoms with van der Waals surface area (Å²) in [6, 6.07) is 8.17. The summed E-state index contributed by atoms with van der Waals surface area (Å²) in [5.74, 6) is 1.70. The third-order valence-corrected chi connectivity index (χ3v) is 4.90. The number of rotatable bonds is 2. The largest absolute Gasteiger partial charge is 0.392 e. The predicted octanol–water partition coefficient (Wildman–Crippen LogP) is 3.64. The van der Waals surface area contributed by atoms with Gasteiger partial charge in [-0.3, -0.25) is 0 Å². The Morgan fingerprint density at radius 1 is 1.15 bits per heavy atom. The lowest BCUT2D eigenvalue weighted by Gasteiger charge is -2.20. The van der Waals surface area contributed by atoms with Crippen molar-refractivity contribution in [2.24, 2.45) is 0 Å². The summed E-state index contributed by atoms with van der Waals surface area (Å²) in [6.07, 6.45) is 1.94. The quantitative estimate of drug-likeness (QED) is 0.766. The highest BCUT2D eigenvalue weighted by atomic mass is 16.3. The van der Waals surface area contributed by atoms with Gasteiger partial charge in [0.05, 0.1) is 24.4 Å². The highest BCUT2D eigenvalue weighted by molar-refractivity contribution is 5.84. The van der Waals surface area contributed by atoms with Crippen LogP contribution in [-0.2, 0) is 25.1 Å². The highest BCUT2D eigenvalue weighted by Crippen LogP contribution is 2.32. The van der Waals surface area contributed by atoms with E-state index in [1.54, 1.807) is 0 Å². The smallest absolute Gasteiger partial charge is 0.135 e. The summed E-state index contributed by atoms with van der Waals surface area (Å²) >= 11 is 0. The molecule has 0 bridgehead atoms. The van der Waals surface area contributed by atoms with Crippen molar-refractivity contribution in [2.75, 3.05) is 4.90 Å². The summed E-state index contributed by atoms with van der Waals surface area (Å²) in [5, 5.41) is 10.9. The summed E-state index contributed by atoms with van der Waals surface area (Å²) in [7, 11) is 0. The van der Waals surface area contributed by atoms with Crippen molar-refractivity contribution in [3.8, 4) is 0 Å². The average molecular weight is 348 g/mol. The Labute approximate surface area is 153 Å². The Morgan fingerprint density at radius 3 is 2.69 bits per heavy atom. The van der Waals surface area contributed by atoms with Crippen LogP contribution in [0.3, 0.4) is 0 Å². The van der Waals surface area contributed by atoms with Gasteiger partial charge < -0.3 is 10.0 Å². The van der Waals surface area contributed by atoms with Crippen molar-refractivity contribution in [1.82, 2.24) is 15.0 Å². The van der Waals surface area contributed by atoms with Gasteiger partial charge in [0.25, 0.3) is 0 Å². The van der Waals surface area contributed by atoms with Crippen molar-refractivity contribution in [3.05, 3.63) is 58.7 Å². The number of aryl methyl sites for hydroxylation is 1. The Kier molecular flexibility index (Phi) is 3.92. The molecule has 0 spiro atoms. The standard InChI is InChI=1S/C21H24N4O/c1-13-6-5-7-14-8-15(12-26)19(24-18(13)14)25-10-16-9-22-20(21(2,3)4)23-17(16)11-25/h5-9,26H,10-12H2,1-4H3. The minimum Gasteiger partial charge on any atom is -0.392 e. The third-order valence-electron chi connectivity index (χ3n) is 4.90. The Morgan fingerprint density at radius 2 is 1.96 bits per heavy atom. The predicted molar refractivity (Wildman–Crippen MR) is 103 cm³/mol. The van der Waals surface area contributed by atoms with Crippen LogP contribution in [0.1, 0.15) is 49.0 Å². The maximum atomic E-state index is 9.88. The molecule has 1 aliphatic rings.